The van der Waals surface area contributed by atoms with Crippen LogP contribution in [-0.4, -0.2) is 45.3 Å². The third kappa shape index (κ3) is 2.39. The molecule has 0 unspecified atom stereocenters. The van der Waals surface area contributed by atoms with Crippen LogP contribution in [0, 0.1) is 11.6 Å². The van der Waals surface area contributed by atoms with Crippen LogP contribution in [0.5, 0.6) is 0 Å². The number of aromatic nitrogens is 4. The fourth-order valence-corrected chi connectivity index (χ4v) is 4.06. The summed E-state index contributed by atoms with van der Waals surface area (Å²) < 4.78 is 26.7. The molecular weight excluding hydrogens is 362 g/mol. The van der Waals surface area contributed by atoms with Crippen LogP contribution in [0.15, 0.2) is 24.5 Å². The Balaban J connectivity index is 1.48. The number of halogens is 3. The Hall–Kier alpha value is -2.48. The van der Waals surface area contributed by atoms with Crippen molar-refractivity contribution in [1.82, 2.24) is 20.2 Å². The zero-order valence-electron chi connectivity index (χ0n) is 13.7. The first kappa shape index (κ1) is 15.7. The number of nitrogens with zero attached hydrogens (tertiary/aromatic N) is 5. The number of fused-ring (bicyclic) bond motifs is 1. The summed E-state index contributed by atoms with van der Waals surface area (Å²) in [6, 6.07) is 2.71. The summed E-state index contributed by atoms with van der Waals surface area (Å²) in [5, 5.41) is 8.39. The van der Waals surface area contributed by atoms with Crippen LogP contribution in [0.25, 0.3) is 10.9 Å². The smallest absolute Gasteiger partial charge is 0.225 e. The maximum absolute atomic E-state index is 13.6. The van der Waals surface area contributed by atoms with Crippen LogP contribution >= 0.6 is 11.6 Å². The zero-order chi connectivity index (χ0) is 17.9. The lowest BCUT2D eigenvalue weighted by Gasteiger charge is -2.42. The molecule has 2 aliphatic rings. The van der Waals surface area contributed by atoms with Gasteiger partial charge in [-0.3, -0.25) is 5.10 Å². The molecule has 5 rings (SSSR count). The van der Waals surface area contributed by atoms with Crippen molar-refractivity contribution >= 4 is 34.3 Å². The average molecular weight is 377 g/mol. The molecule has 0 atom stereocenters. The fourth-order valence-electron chi connectivity index (χ4n) is 3.77. The van der Waals surface area contributed by atoms with Crippen molar-refractivity contribution in [2.75, 3.05) is 29.4 Å². The highest BCUT2D eigenvalue weighted by atomic mass is 35.5. The second kappa shape index (κ2) is 5.51. The molecule has 1 N–H and O–H groups in total. The number of hydrogen-bond acceptors (Lipinski definition) is 5. The van der Waals surface area contributed by atoms with Crippen LogP contribution in [0.1, 0.15) is 12.8 Å². The van der Waals surface area contributed by atoms with Crippen molar-refractivity contribution < 1.29 is 8.78 Å². The van der Waals surface area contributed by atoms with Crippen molar-refractivity contribution in [3.05, 3.63) is 41.2 Å². The SMILES string of the molecule is Fc1cnc(N2CCN(c3n[nH]c4cc(F)cc(Cl)c34)C3(CC3)C2)nc1. The lowest BCUT2D eigenvalue weighted by atomic mass is 10.1. The number of piperazine rings is 1. The molecule has 2 aromatic heterocycles. The molecule has 3 heterocycles. The molecule has 6 nitrogen and oxygen atoms in total. The molecule has 1 aliphatic heterocycles. The number of benzene rings is 1. The first-order valence-electron chi connectivity index (χ1n) is 8.39. The fraction of sp³-hybridized carbons (Fsp3) is 0.353. The number of H-pyrrole nitrogens is 1. The van der Waals surface area contributed by atoms with E-state index in [-0.39, 0.29) is 5.54 Å². The van der Waals surface area contributed by atoms with Gasteiger partial charge in [-0.2, -0.15) is 5.10 Å². The van der Waals surface area contributed by atoms with E-state index in [1.54, 1.807) is 0 Å². The third-order valence-corrected chi connectivity index (χ3v) is 5.48. The second-order valence-electron chi connectivity index (χ2n) is 6.86. The van der Waals surface area contributed by atoms with Crippen molar-refractivity contribution in [3.63, 3.8) is 0 Å². The molecular formula is C17H15ClF2N6. The molecule has 9 heteroatoms. The maximum atomic E-state index is 13.6. The number of hydrogen-bond donors (Lipinski definition) is 1. The molecule has 134 valence electrons. The van der Waals surface area contributed by atoms with Gasteiger partial charge in [-0.25, -0.2) is 18.7 Å². The zero-order valence-corrected chi connectivity index (χ0v) is 14.5. The molecule has 26 heavy (non-hydrogen) atoms. The van der Waals surface area contributed by atoms with Gasteiger partial charge in [0.25, 0.3) is 0 Å². The Kier molecular flexibility index (Phi) is 3.34. The minimum atomic E-state index is -0.446. The highest BCUT2D eigenvalue weighted by molar-refractivity contribution is 6.36. The van der Waals surface area contributed by atoms with Crippen LogP contribution in [0.3, 0.4) is 0 Å². The Morgan fingerprint density at radius 3 is 2.58 bits per heavy atom. The third-order valence-electron chi connectivity index (χ3n) is 5.18. The molecule has 1 aromatic carbocycles. The summed E-state index contributed by atoms with van der Waals surface area (Å²) in [4.78, 5) is 12.5. The molecule has 3 aromatic rings. The van der Waals surface area contributed by atoms with Crippen molar-refractivity contribution in [3.8, 4) is 0 Å². The van der Waals surface area contributed by atoms with Crippen molar-refractivity contribution in [2.24, 2.45) is 0 Å². The van der Waals surface area contributed by atoms with Gasteiger partial charge in [0.15, 0.2) is 11.6 Å². The predicted octanol–water partition coefficient (Wildman–Crippen LogP) is 3.14. The summed E-state index contributed by atoms with van der Waals surface area (Å²) >= 11 is 6.29. The van der Waals surface area contributed by atoms with Crippen LogP contribution < -0.4 is 9.80 Å². The first-order chi connectivity index (χ1) is 12.6. The first-order valence-corrected chi connectivity index (χ1v) is 8.77. The molecule has 0 amide bonds. The normalized spacial score (nSPS) is 18.7. The highest BCUT2D eigenvalue weighted by Crippen LogP contribution is 2.48. The van der Waals surface area contributed by atoms with E-state index < -0.39 is 11.6 Å². The Morgan fingerprint density at radius 2 is 1.85 bits per heavy atom. The maximum Gasteiger partial charge on any atom is 0.225 e. The molecule has 0 bridgehead atoms. The van der Waals surface area contributed by atoms with E-state index in [2.05, 4.69) is 30.0 Å². The van der Waals surface area contributed by atoms with Crippen molar-refractivity contribution in [1.29, 1.82) is 0 Å². The van der Waals surface area contributed by atoms with Gasteiger partial charge >= 0.3 is 0 Å². The van der Waals surface area contributed by atoms with Gasteiger partial charge < -0.3 is 9.80 Å². The lowest BCUT2D eigenvalue weighted by Crippen LogP contribution is -2.56. The van der Waals surface area contributed by atoms with Gasteiger partial charge in [0.05, 0.1) is 33.9 Å². The minimum absolute atomic E-state index is 0.0736. The number of nitrogens with one attached hydrogen (secondary N) is 1. The summed E-state index contributed by atoms with van der Waals surface area (Å²) in [5.41, 5.74) is 0.514. The lowest BCUT2D eigenvalue weighted by molar-refractivity contribution is 0.498. The molecule has 1 spiro atoms. The van der Waals surface area contributed by atoms with E-state index in [4.69, 9.17) is 11.6 Å². The van der Waals surface area contributed by atoms with E-state index in [1.807, 2.05) is 0 Å². The largest absolute Gasteiger partial charge is 0.345 e. The minimum Gasteiger partial charge on any atom is -0.345 e. The van der Waals surface area contributed by atoms with Crippen molar-refractivity contribution in [2.45, 2.75) is 18.4 Å². The molecule has 1 saturated heterocycles. The summed E-state index contributed by atoms with van der Waals surface area (Å²) in [6.45, 7) is 2.11. The van der Waals surface area contributed by atoms with Crippen LogP contribution in [-0.2, 0) is 0 Å². The van der Waals surface area contributed by atoms with E-state index in [9.17, 15) is 8.78 Å². The predicted molar refractivity (Wildman–Crippen MR) is 94.6 cm³/mol. The van der Waals surface area contributed by atoms with Gasteiger partial charge in [0, 0.05) is 19.6 Å². The van der Waals surface area contributed by atoms with Gasteiger partial charge in [0.1, 0.15) is 5.82 Å². The molecule has 1 aliphatic carbocycles. The van der Waals surface area contributed by atoms with Gasteiger partial charge in [0.2, 0.25) is 5.95 Å². The number of aromatic amines is 1. The number of anilines is 2. The molecule has 0 radical (unpaired) electrons. The number of rotatable bonds is 2. The van der Waals surface area contributed by atoms with E-state index >= 15 is 0 Å². The topological polar surface area (TPSA) is 60.9 Å². The standard InChI is InChI=1S/C17H15ClF2N6/c18-12-5-10(19)6-13-14(12)15(24-23-13)26-4-3-25(9-17(26)1-2-17)16-21-7-11(20)8-22-16/h5-8H,1-4,9H2,(H,23,24). The van der Waals surface area contributed by atoms with E-state index in [1.165, 1.54) is 24.5 Å². The Labute approximate surface area is 152 Å². The molecule has 1 saturated carbocycles. The molecule has 2 fully saturated rings. The summed E-state index contributed by atoms with van der Waals surface area (Å²) in [6.07, 6.45) is 4.39. The summed E-state index contributed by atoms with van der Waals surface area (Å²) in [5.74, 6) is 0.446. The van der Waals surface area contributed by atoms with Gasteiger partial charge in [-0.1, -0.05) is 11.6 Å². The van der Waals surface area contributed by atoms with Crippen LogP contribution in [0.2, 0.25) is 5.02 Å². The Bertz CT molecular complexity index is 985. The van der Waals surface area contributed by atoms with Crippen LogP contribution in [0.4, 0.5) is 20.5 Å². The second-order valence-corrected chi connectivity index (χ2v) is 7.26. The monoisotopic (exact) mass is 376 g/mol. The average Bonchev–Trinajstić information content (AvgIpc) is 3.24. The van der Waals surface area contributed by atoms with Gasteiger partial charge in [-0.05, 0) is 25.0 Å². The van der Waals surface area contributed by atoms with Gasteiger partial charge in [-0.15, -0.1) is 0 Å². The Morgan fingerprint density at radius 1 is 1.08 bits per heavy atom. The van der Waals surface area contributed by atoms with E-state index in [0.29, 0.717) is 29.6 Å². The quantitative estimate of drug-likeness (QED) is 0.744. The highest BCUT2D eigenvalue weighted by Gasteiger charge is 2.53. The summed E-state index contributed by atoms with van der Waals surface area (Å²) in [7, 11) is 0. The van der Waals surface area contributed by atoms with E-state index in [0.717, 1.165) is 30.6 Å².